The number of carbonyl (C=O) groups is 1. The molecule has 3 aromatic rings. The molecule has 5 N–H and O–H groups in total. The Kier molecular flexibility index (Phi) is 2.35. The second kappa shape index (κ2) is 3.92. The van der Waals surface area contributed by atoms with Gasteiger partial charge in [0.25, 0.3) is 10.7 Å². The van der Waals surface area contributed by atoms with Crippen LogP contribution in [0.1, 0.15) is 10.4 Å². The summed E-state index contributed by atoms with van der Waals surface area (Å²) in [5.41, 5.74) is 12.7. The monoisotopic (exact) mass is 276 g/mol. The SMILES string of the molecule is NC(=O)c1cnn2cc(-c3n[nH]c(=S)o3)cc2c1N. The Morgan fingerprint density at radius 3 is 2.95 bits per heavy atom. The summed E-state index contributed by atoms with van der Waals surface area (Å²) in [5, 5.41) is 10.5. The van der Waals surface area contributed by atoms with Crippen molar-refractivity contribution in [2.45, 2.75) is 0 Å². The molecule has 19 heavy (non-hydrogen) atoms. The first-order valence-corrected chi connectivity index (χ1v) is 5.59. The normalized spacial score (nSPS) is 10.9. The number of aromatic amines is 1. The summed E-state index contributed by atoms with van der Waals surface area (Å²) in [6.45, 7) is 0. The first-order valence-electron chi connectivity index (χ1n) is 5.19. The highest BCUT2D eigenvalue weighted by atomic mass is 32.1. The van der Waals surface area contributed by atoms with Crippen molar-refractivity contribution in [3.63, 3.8) is 0 Å². The number of nitrogens with zero attached hydrogens (tertiary/aromatic N) is 3. The third kappa shape index (κ3) is 1.76. The molecule has 0 spiro atoms. The molecular weight excluding hydrogens is 268 g/mol. The van der Waals surface area contributed by atoms with Crippen molar-refractivity contribution in [1.29, 1.82) is 0 Å². The van der Waals surface area contributed by atoms with Gasteiger partial charge in [0, 0.05) is 6.20 Å². The molecule has 1 amide bonds. The second-order valence-corrected chi connectivity index (χ2v) is 4.18. The van der Waals surface area contributed by atoms with Crippen LogP contribution in [-0.4, -0.2) is 25.7 Å². The van der Waals surface area contributed by atoms with E-state index in [0.717, 1.165) is 0 Å². The Hall–Kier alpha value is -2.68. The molecule has 3 rings (SSSR count). The van der Waals surface area contributed by atoms with E-state index in [1.165, 1.54) is 10.7 Å². The van der Waals surface area contributed by atoms with Gasteiger partial charge in [0.2, 0.25) is 5.89 Å². The quantitative estimate of drug-likeness (QED) is 0.592. The van der Waals surface area contributed by atoms with Crippen molar-refractivity contribution in [3.8, 4) is 11.5 Å². The van der Waals surface area contributed by atoms with Gasteiger partial charge in [-0.25, -0.2) is 9.61 Å². The number of nitrogens with one attached hydrogen (secondary N) is 1. The Balaban J connectivity index is 2.24. The molecule has 0 aliphatic heterocycles. The largest absolute Gasteiger partial charge is 0.409 e. The van der Waals surface area contributed by atoms with Crippen LogP contribution in [0.15, 0.2) is 22.9 Å². The molecule has 96 valence electrons. The van der Waals surface area contributed by atoms with E-state index in [1.54, 1.807) is 12.3 Å². The van der Waals surface area contributed by atoms with Crippen molar-refractivity contribution >= 4 is 29.3 Å². The number of primary amides is 1. The third-order valence-electron chi connectivity index (χ3n) is 2.63. The first kappa shape index (κ1) is 11.4. The lowest BCUT2D eigenvalue weighted by atomic mass is 10.2. The highest BCUT2D eigenvalue weighted by Gasteiger charge is 2.14. The molecule has 0 unspecified atom stereocenters. The minimum absolute atomic E-state index is 0.167. The molecule has 0 aliphatic rings. The van der Waals surface area contributed by atoms with Gasteiger partial charge in [-0.1, -0.05) is 0 Å². The summed E-state index contributed by atoms with van der Waals surface area (Å²) in [5.74, 6) is -0.317. The van der Waals surface area contributed by atoms with E-state index in [4.69, 9.17) is 28.1 Å². The molecule has 0 aromatic carbocycles. The standard InChI is InChI=1S/C10H8N6O2S/c11-7-5(8(12)17)2-13-16-3-4(1-6(7)16)9-14-15-10(19)18-9/h1-3H,11H2,(H2,12,17)(H,15,19). The van der Waals surface area contributed by atoms with Gasteiger partial charge < -0.3 is 15.9 Å². The number of hydrogen-bond donors (Lipinski definition) is 3. The highest BCUT2D eigenvalue weighted by molar-refractivity contribution is 7.71. The molecule has 3 aromatic heterocycles. The predicted octanol–water partition coefficient (Wildman–Crippen LogP) is 0.728. The number of nitrogen functional groups attached to an aromatic ring is 1. The van der Waals surface area contributed by atoms with E-state index in [0.29, 0.717) is 17.0 Å². The van der Waals surface area contributed by atoms with E-state index >= 15 is 0 Å². The number of aromatic nitrogens is 4. The van der Waals surface area contributed by atoms with Gasteiger partial charge in [-0.15, -0.1) is 5.10 Å². The Morgan fingerprint density at radius 1 is 1.53 bits per heavy atom. The van der Waals surface area contributed by atoms with Crippen LogP contribution in [0.3, 0.4) is 0 Å². The molecule has 9 heteroatoms. The number of carbonyl (C=O) groups excluding carboxylic acids is 1. The number of H-pyrrole nitrogens is 1. The van der Waals surface area contributed by atoms with E-state index in [2.05, 4.69) is 15.3 Å². The number of anilines is 1. The maximum Gasteiger partial charge on any atom is 0.284 e. The summed E-state index contributed by atoms with van der Waals surface area (Å²) in [6.07, 6.45) is 2.97. The number of rotatable bonds is 2. The smallest absolute Gasteiger partial charge is 0.284 e. The third-order valence-corrected chi connectivity index (χ3v) is 2.80. The summed E-state index contributed by atoms with van der Waals surface area (Å²) in [6, 6.07) is 1.68. The van der Waals surface area contributed by atoms with Gasteiger partial charge in [-0.2, -0.15) is 5.10 Å². The molecular formula is C10H8N6O2S. The van der Waals surface area contributed by atoms with Crippen molar-refractivity contribution in [3.05, 3.63) is 28.9 Å². The molecule has 0 fully saturated rings. The van der Waals surface area contributed by atoms with Crippen LogP contribution in [0.25, 0.3) is 17.0 Å². The van der Waals surface area contributed by atoms with Crippen molar-refractivity contribution in [1.82, 2.24) is 19.8 Å². The number of hydrogen-bond acceptors (Lipinski definition) is 6. The van der Waals surface area contributed by atoms with Crippen LogP contribution < -0.4 is 11.5 Å². The number of amides is 1. The van der Waals surface area contributed by atoms with Gasteiger partial charge in [0.05, 0.1) is 28.5 Å². The Bertz CT molecular complexity index is 845. The van der Waals surface area contributed by atoms with Crippen LogP contribution in [0.4, 0.5) is 5.69 Å². The predicted molar refractivity (Wildman–Crippen MR) is 68.8 cm³/mol. The maximum atomic E-state index is 11.2. The van der Waals surface area contributed by atoms with Crippen molar-refractivity contribution in [2.24, 2.45) is 5.73 Å². The topological polar surface area (TPSA) is 128 Å². The Morgan fingerprint density at radius 2 is 2.32 bits per heavy atom. The van der Waals surface area contributed by atoms with Gasteiger partial charge in [0.1, 0.15) is 0 Å². The highest BCUT2D eigenvalue weighted by Crippen LogP contribution is 2.25. The average Bonchev–Trinajstić information content (AvgIpc) is 2.95. The molecule has 0 aliphatic carbocycles. The molecule has 0 bridgehead atoms. The zero-order valence-electron chi connectivity index (χ0n) is 9.45. The van der Waals surface area contributed by atoms with Gasteiger partial charge in [0.15, 0.2) is 0 Å². The van der Waals surface area contributed by atoms with Crippen molar-refractivity contribution < 1.29 is 9.21 Å². The fraction of sp³-hybridized carbons (Fsp3) is 0. The molecule has 0 saturated carbocycles. The molecule has 8 nitrogen and oxygen atoms in total. The van der Waals surface area contributed by atoms with E-state index in [-0.39, 0.29) is 16.1 Å². The summed E-state index contributed by atoms with van der Waals surface area (Å²) in [7, 11) is 0. The van der Waals surface area contributed by atoms with Gasteiger partial charge in [-0.3, -0.25) is 4.79 Å². The second-order valence-electron chi connectivity index (χ2n) is 3.81. The zero-order chi connectivity index (χ0) is 13.6. The summed E-state index contributed by atoms with van der Waals surface area (Å²) < 4.78 is 6.70. The Labute approximate surface area is 111 Å². The summed E-state index contributed by atoms with van der Waals surface area (Å²) in [4.78, 5) is 11.4. The van der Waals surface area contributed by atoms with Crippen molar-refractivity contribution in [2.75, 3.05) is 5.73 Å². The van der Waals surface area contributed by atoms with Gasteiger partial charge >= 0.3 is 0 Å². The first-order chi connectivity index (χ1) is 9.06. The fourth-order valence-electron chi connectivity index (χ4n) is 1.74. The van der Waals surface area contributed by atoms with E-state index in [1.807, 2.05) is 0 Å². The van der Waals surface area contributed by atoms with Crippen LogP contribution in [0.5, 0.6) is 0 Å². The lowest BCUT2D eigenvalue weighted by molar-refractivity contribution is 0.100. The maximum absolute atomic E-state index is 11.2. The van der Waals surface area contributed by atoms with Crippen LogP contribution >= 0.6 is 12.2 Å². The minimum atomic E-state index is -0.632. The number of fused-ring (bicyclic) bond motifs is 1. The lowest BCUT2D eigenvalue weighted by Gasteiger charge is -2.02. The molecule has 0 atom stereocenters. The molecule has 0 radical (unpaired) electrons. The molecule has 3 heterocycles. The number of nitrogens with two attached hydrogens (primary N) is 2. The van der Waals surface area contributed by atoms with Crippen LogP contribution in [0, 0.1) is 4.84 Å². The lowest BCUT2D eigenvalue weighted by Crippen LogP contribution is -2.15. The molecule has 0 saturated heterocycles. The average molecular weight is 276 g/mol. The van der Waals surface area contributed by atoms with Gasteiger partial charge in [-0.05, 0) is 18.3 Å². The fourth-order valence-corrected chi connectivity index (χ4v) is 1.87. The van der Waals surface area contributed by atoms with Crippen LogP contribution in [0.2, 0.25) is 0 Å². The summed E-state index contributed by atoms with van der Waals surface area (Å²) >= 11 is 4.80. The van der Waals surface area contributed by atoms with E-state index in [9.17, 15) is 4.79 Å². The van der Waals surface area contributed by atoms with E-state index < -0.39 is 5.91 Å². The van der Waals surface area contributed by atoms with Crippen LogP contribution in [-0.2, 0) is 0 Å². The zero-order valence-corrected chi connectivity index (χ0v) is 10.3. The minimum Gasteiger partial charge on any atom is -0.409 e.